The van der Waals surface area contributed by atoms with Crippen LogP contribution in [0.4, 0.5) is 5.69 Å². The molecule has 0 saturated carbocycles. The third-order valence-corrected chi connectivity index (χ3v) is 5.89. The highest BCUT2D eigenvalue weighted by atomic mass is 35.5. The second-order valence-electron chi connectivity index (χ2n) is 6.63. The number of thiophene rings is 1. The summed E-state index contributed by atoms with van der Waals surface area (Å²) in [6.07, 6.45) is 1.39. The maximum absolute atomic E-state index is 12.9. The summed E-state index contributed by atoms with van der Waals surface area (Å²) in [5.41, 5.74) is 2.55. The van der Waals surface area contributed by atoms with Crippen LogP contribution in [0.5, 0.6) is 11.5 Å². The van der Waals surface area contributed by atoms with Crippen LogP contribution >= 0.6 is 22.9 Å². The highest BCUT2D eigenvalue weighted by molar-refractivity contribution is 7.17. The summed E-state index contributed by atoms with van der Waals surface area (Å²) in [5.74, 6) is 0.831. The molecule has 0 unspecified atom stereocenters. The maximum atomic E-state index is 12.9. The van der Waals surface area contributed by atoms with E-state index in [-0.39, 0.29) is 12.1 Å². The lowest BCUT2D eigenvalue weighted by Crippen LogP contribution is -2.27. The Morgan fingerprint density at radius 3 is 2.65 bits per heavy atom. The van der Waals surface area contributed by atoms with E-state index < -0.39 is 5.91 Å². The lowest BCUT2D eigenvalue weighted by Gasteiger charge is -2.11. The molecule has 0 aliphatic carbocycles. The first-order valence-corrected chi connectivity index (χ1v) is 10.5. The van der Waals surface area contributed by atoms with E-state index in [0.29, 0.717) is 26.7 Å². The van der Waals surface area contributed by atoms with Crippen LogP contribution < -0.4 is 20.3 Å². The molecule has 0 fully saturated rings. The highest BCUT2D eigenvalue weighted by Gasteiger charge is 2.15. The Bertz CT molecular complexity index is 1310. The lowest BCUT2D eigenvalue weighted by atomic mass is 10.1. The number of methoxy groups -OCH3 is 2. The number of amides is 1. The summed E-state index contributed by atoms with van der Waals surface area (Å²) in [5, 5.41) is 5.07. The van der Waals surface area contributed by atoms with E-state index in [4.69, 9.17) is 21.1 Å². The van der Waals surface area contributed by atoms with E-state index >= 15 is 0 Å². The van der Waals surface area contributed by atoms with Gasteiger partial charge in [0.1, 0.15) is 22.7 Å². The van der Waals surface area contributed by atoms with E-state index in [9.17, 15) is 9.59 Å². The van der Waals surface area contributed by atoms with Gasteiger partial charge in [0.25, 0.3) is 5.56 Å². The van der Waals surface area contributed by atoms with Crippen LogP contribution in [0, 0.1) is 0 Å². The predicted molar refractivity (Wildman–Crippen MR) is 123 cm³/mol. The molecule has 0 aliphatic rings. The molecule has 0 saturated heterocycles. The second kappa shape index (κ2) is 8.79. The zero-order chi connectivity index (χ0) is 22.0. The summed E-state index contributed by atoms with van der Waals surface area (Å²) < 4.78 is 12.2. The number of halogens is 1. The average molecular weight is 456 g/mol. The number of rotatable bonds is 6. The van der Waals surface area contributed by atoms with Gasteiger partial charge in [0, 0.05) is 16.0 Å². The molecule has 2 aromatic heterocycles. The highest BCUT2D eigenvalue weighted by Crippen LogP contribution is 2.32. The normalized spacial score (nSPS) is 10.8. The third kappa shape index (κ3) is 4.26. The zero-order valence-electron chi connectivity index (χ0n) is 16.7. The number of nitrogens with zero attached hydrogens (tertiary/aromatic N) is 2. The first kappa shape index (κ1) is 20.9. The van der Waals surface area contributed by atoms with Gasteiger partial charge in [-0.2, -0.15) is 0 Å². The maximum Gasteiger partial charge on any atom is 0.271 e. The largest absolute Gasteiger partial charge is 0.497 e. The molecule has 4 rings (SSSR count). The fourth-order valence-electron chi connectivity index (χ4n) is 3.15. The number of carbonyl (C=O) groups is 1. The molecule has 0 radical (unpaired) electrons. The van der Waals surface area contributed by atoms with Gasteiger partial charge in [0.2, 0.25) is 5.91 Å². The van der Waals surface area contributed by atoms with Gasteiger partial charge in [0.05, 0.1) is 31.8 Å². The number of hydrogen-bond donors (Lipinski definition) is 1. The molecule has 1 amide bonds. The summed E-state index contributed by atoms with van der Waals surface area (Å²) in [4.78, 5) is 29.9. The fourth-order valence-corrected chi connectivity index (χ4v) is 4.30. The Kier molecular flexibility index (Phi) is 5.92. The van der Waals surface area contributed by atoms with Gasteiger partial charge in [-0.15, -0.1) is 11.3 Å². The fraction of sp³-hybridized carbons (Fsp3) is 0.136. The Morgan fingerprint density at radius 1 is 1.16 bits per heavy atom. The number of benzene rings is 2. The van der Waals surface area contributed by atoms with Gasteiger partial charge in [-0.25, -0.2) is 4.98 Å². The van der Waals surface area contributed by atoms with Crippen LogP contribution in [0.3, 0.4) is 0 Å². The average Bonchev–Trinajstić information content (AvgIpc) is 3.21. The van der Waals surface area contributed by atoms with Gasteiger partial charge in [-0.1, -0.05) is 23.7 Å². The standard InChI is InChI=1S/C22H18ClN3O4S/c1-29-15-6-3-13(4-7-15)16-11-31-21-20(16)24-12-26(22(21)28)10-19(27)25-17-9-14(23)5-8-18(17)30-2/h3-9,11-12H,10H2,1-2H3,(H,25,27). The SMILES string of the molecule is COc1ccc(-c2csc3c(=O)n(CC(=O)Nc4cc(Cl)ccc4OC)cnc23)cc1. The van der Waals surface area contributed by atoms with Gasteiger partial charge in [0.15, 0.2) is 0 Å². The number of carbonyl (C=O) groups excluding carboxylic acids is 1. The van der Waals surface area contributed by atoms with Gasteiger partial charge in [-0.3, -0.25) is 14.2 Å². The number of ether oxygens (including phenoxy) is 2. The van der Waals surface area contributed by atoms with Crippen LogP contribution in [0.25, 0.3) is 21.3 Å². The van der Waals surface area contributed by atoms with E-state index in [0.717, 1.165) is 16.9 Å². The van der Waals surface area contributed by atoms with Crippen molar-refractivity contribution in [3.8, 4) is 22.6 Å². The van der Waals surface area contributed by atoms with Crippen LogP contribution in [0.2, 0.25) is 5.02 Å². The van der Waals surface area contributed by atoms with Crippen molar-refractivity contribution < 1.29 is 14.3 Å². The Balaban J connectivity index is 1.59. The number of hydrogen-bond acceptors (Lipinski definition) is 6. The van der Waals surface area contributed by atoms with E-state index in [1.54, 1.807) is 25.3 Å². The minimum atomic E-state index is -0.393. The number of anilines is 1. The number of fused-ring (bicyclic) bond motifs is 1. The van der Waals surface area contributed by atoms with Crippen molar-refractivity contribution >= 4 is 44.7 Å². The van der Waals surface area contributed by atoms with Crippen LogP contribution in [-0.2, 0) is 11.3 Å². The molecule has 31 heavy (non-hydrogen) atoms. The van der Waals surface area contributed by atoms with Crippen molar-refractivity contribution in [3.63, 3.8) is 0 Å². The van der Waals surface area contributed by atoms with Crippen LogP contribution in [-0.4, -0.2) is 29.7 Å². The summed E-state index contributed by atoms with van der Waals surface area (Å²) in [6.45, 7) is -0.187. The summed E-state index contributed by atoms with van der Waals surface area (Å²) >= 11 is 7.30. The van der Waals surface area contributed by atoms with Gasteiger partial charge in [-0.05, 0) is 35.9 Å². The molecule has 0 bridgehead atoms. The lowest BCUT2D eigenvalue weighted by molar-refractivity contribution is -0.116. The van der Waals surface area contributed by atoms with Gasteiger partial charge < -0.3 is 14.8 Å². The Labute approximate surface area is 186 Å². The Hall–Kier alpha value is -3.36. The number of aromatic nitrogens is 2. The molecule has 2 aromatic carbocycles. The van der Waals surface area contributed by atoms with E-state index in [1.165, 1.54) is 29.3 Å². The number of nitrogens with one attached hydrogen (secondary N) is 1. The molecule has 0 atom stereocenters. The van der Waals surface area contributed by atoms with Crippen LogP contribution in [0.1, 0.15) is 0 Å². The monoisotopic (exact) mass is 455 g/mol. The topological polar surface area (TPSA) is 82.5 Å². The molecule has 9 heteroatoms. The Morgan fingerprint density at radius 2 is 1.94 bits per heavy atom. The van der Waals surface area contributed by atoms with Crippen molar-refractivity contribution in [1.29, 1.82) is 0 Å². The molecule has 7 nitrogen and oxygen atoms in total. The minimum Gasteiger partial charge on any atom is -0.497 e. The predicted octanol–water partition coefficient (Wildman–Crippen LogP) is 4.43. The second-order valence-corrected chi connectivity index (χ2v) is 7.94. The zero-order valence-corrected chi connectivity index (χ0v) is 18.3. The first-order chi connectivity index (χ1) is 15.0. The van der Waals surface area contributed by atoms with Crippen molar-refractivity contribution in [2.45, 2.75) is 6.54 Å². The summed E-state index contributed by atoms with van der Waals surface area (Å²) in [7, 11) is 3.11. The van der Waals surface area contributed by atoms with Gasteiger partial charge >= 0.3 is 0 Å². The smallest absolute Gasteiger partial charge is 0.271 e. The first-order valence-electron chi connectivity index (χ1n) is 9.24. The van der Waals surface area contributed by atoms with Crippen molar-refractivity contribution in [3.05, 3.63) is 69.5 Å². The molecule has 4 aromatic rings. The molecule has 158 valence electrons. The minimum absolute atomic E-state index is 0.187. The quantitative estimate of drug-likeness (QED) is 0.465. The van der Waals surface area contributed by atoms with Crippen molar-refractivity contribution in [2.75, 3.05) is 19.5 Å². The van der Waals surface area contributed by atoms with Crippen LogP contribution in [0.15, 0.2) is 59.0 Å². The molecule has 1 N–H and O–H groups in total. The molecular formula is C22H18ClN3O4S. The van der Waals surface area contributed by atoms with Crippen molar-refractivity contribution in [2.24, 2.45) is 0 Å². The summed E-state index contributed by atoms with van der Waals surface area (Å²) in [6, 6.07) is 12.4. The van der Waals surface area contributed by atoms with E-state index in [1.807, 2.05) is 29.6 Å². The molecule has 0 aliphatic heterocycles. The molecular weight excluding hydrogens is 438 g/mol. The van der Waals surface area contributed by atoms with Crippen molar-refractivity contribution in [1.82, 2.24) is 9.55 Å². The molecule has 2 heterocycles. The molecule has 0 spiro atoms. The van der Waals surface area contributed by atoms with E-state index in [2.05, 4.69) is 10.3 Å². The third-order valence-electron chi connectivity index (χ3n) is 4.70.